The Labute approximate surface area is 138 Å². The molecule has 0 unspecified atom stereocenters. The number of likely N-dealkylation sites (tertiary alicyclic amines) is 1. The summed E-state index contributed by atoms with van der Waals surface area (Å²) >= 11 is 7.58. The number of halogens is 1. The highest BCUT2D eigenvalue weighted by atomic mass is 35.5. The van der Waals surface area contributed by atoms with Gasteiger partial charge in [-0.1, -0.05) is 0 Å². The number of carbonyl (C=O) groups excluding carboxylic acids is 2. The summed E-state index contributed by atoms with van der Waals surface area (Å²) in [5.74, 6) is 1.42. The predicted octanol–water partition coefficient (Wildman–Crippen LogP) is 2.30. The van der Waals surface area contributed by atoms with Crippen molar-refractivity contribution in [3.05, 3.63) is 24.2 Å². The van der Waals surface area contributed by atoms with Crippen LogP contribution in [0.2, 0.25) is 0 Å². The smallest absolute Gasteiger partial charge is 0.240 e. The number of piperidine rings is 1. The lowest BCUT2D eigenvalue weighted by Gasteiger charge is -2.44. The minimum Gasteiger partial charge on any atom is -0.467 e. The van der Waals surface area contributed by atoms with E-state index in [9.17, 15) is 9.59 Å². The maximum absolute atomic E-state index is 12.3. The zero-order valence-electron chi connectivity index (χ0n) is 12.5. The van der Waals surface area contributed by atoms with Crippen molar-refractivity contribution >= 4 is 35.2 Å². The van der Waals surface area contributed by atoms with Gasteiger partial charge in [-0.25, -0.2) is 0 Å². The maximum atomic E-state index is 12.3. The van der Waals surface area contributed by atoms with Crippen LogP contribution in [0.25, 0.3) is 0 Å². The molecular weight excluding hydrogens is 324 g/mol. The van der Waals surface area contributed by atoms with Crippen LogP contribution in [0.15, 0.2) is 22.8 Å². The molecule has 0 saturated carbocycles. The minimum atomic E-state index is -0.494. The Morgan fingerprint density at radius 1 is 1.50 bits per heavy atom. The van der Waals surface area contributed by atoms with Gasteiger partial charge < -0.3 is 14.2 Å². The first kappa shape index (κ1) is 15.7. The van der Waals surface area contributed by atoms with E-state index in [-0.39, 0.29) is 16.7 Å². The van der Waals surface area contributed by atoms with Gasteiger partial charge in [-0.2, -0.15) is 0 Å². The average Bonchev–Trinajstić information content (AvgIpc) is 3.12. The van der Waals surface area contributed by atoms with Gasteiger partial charge in [0.15, 0.2) is 0 Å². The van der Waals surface area contributed by atoms with Crippen LogP contribution < -0.4 is 0 Å². The van der Waals surface area contributed by atoms with Gasteiger partial charge >= 0.3 is 0 Å². The molecule has 0 radical (unpaired) electrons. The van der Waals surface area contributed by atoms with E-state index in [1.54, 1.807) is 29.8 Å². The molecule has 2 saturated heterocycles. The van der Waals surface area contributed by atoms with Crippen molar-refractivity contribution in [2.75, 3.05) is 18.8 Å². The molecule has 5 nitrogen and oxygen atoms in total. The summed E-state index contributed by atoms with van der Waals surface area (Å²) in [6.45, 7) is 3.49. The van der Waals surface area contributed by atoms with E-state index < -0.39 is 5.38 Å². The molecule has 1 atom stereocenters. The number of thioether (sulfide) groups is 1. The quantitative estimate of drug-likeness (QED) is 0.791. The number of carbonyl (C=O) groups is 2. The Hall–Kier alpha value is -1.14. The molecule has 0 aliphatic carbocycles. The summed E-state index contributed by atoms with van der Waals surface area (Å²) in [7, 11) is 0. The summed E-state index contributed by atoms with van der Waals surface area (Å²) in [6.07, 6.45) is 3.18. The van der Waals surface area contributed by atoms with E-state index in [4.69, 9.17) is 16.0 Å². The van der Waals surface area contributed by atoms with Crippen molar-refractivity contribution in [3.63, 3.8) is 0 Å². The fraction of sp³-hybridized carbons (Fsp3) is 0.600. The van der Waals surface area contributed by atoms with E-state index in [1.165, 1.54) is 0 Å². The Morgan fingerprint density at radius 2 is 2.23 bits per heavy atom. The van der Waals surface area contributed by atoms with Gasteiger partial charge in [0.25, 0.3) is 0 Å². The average molecular weight is 343 g/mol. The standard InChI is InChI=1S/C15H19ClN2O3S/c1-11(16)14(20)17-6-4-15(5-7-17)18(13(19)10-22-15)9-12-3-2-8-21-12/h2-3,8,11H,4-7,9-10H2,1H3/t11-/m0/s1. The molecule has 1 spiro atoms. The van der Waals surface area contributed by atoms with Gasteiger partial charge in [-0.05, 0) is 31.9 Å². The molecule has 3 heterocycles. The fourth-order valence-electron chi connectivity index (χ4n) is 3.11. The number of nitrogens with zero attached hydrogens (tertiary/aromatic N) is 2. The van der Waals surface area contributed by atoms with Gasteiger partial charge in [-0.15, -0.1) is 23.4 Å². The van der Waals surface area contributed by atoms with Crippen LogP contribution in [0.4, 0.5) is 0 Å². The molecule has 2 aliphatic heterocycles. The Bertz CT molecular complexity index is 553. The highest BCUT2D eigenvalue weighted by molar-refractivity contribution is 8.01. The molecule has 0 N–H and O–H groups in total. The van der Waals surface area contributed by atoms with E-state index in [1.807, 2.05) is 17.0 Å². The first-order valence-corrected chi connectivity index (χ1v) is 8.84. The molecule has 1 aromatic heterocycles. The minimum absolute atomic E-state index is 0.0246. The molecule has 1 aromatic rings. The summed E-state index contributed by atoms with van der Waals surface area (Å²) in [5.41, 5.74) is 0. The molecule has 3 rings (SSSR count). The Morgan fingerprint density at radius 3 is 2.82 bits per heavy atom. The Balaban J connectivity index is 1.70. The highest BCUT2D eigenvalue weighted by Crippen LogP contribution is 2.45. The largest absolute Gasteiger partial charge is 0.467 e. The number of hydrogen-bond acceptors (Lipinski definition) is 4. The molecule has 0 aromatic carbocycles. The monoisotopic (exact) mass is 342 g/mol. The topological polar surface area (TPSA) is 53.8 Å². The van der Waals surface area contributed by atoms with Crippen LogP contribution in [0, 0.1) is 0 Å². The number of amides is 2. The first-order valence-electron chi connectivity index (χ1n) is 7.41. The molecule has 120 valence electrons. The van der Waals surface area contributed by atoms with Gasteiger partial charge in [0.2, 0.25) is 11.8 Å². The van der Waals surface area contributed by atoms with Crippen molar-refractivity contribution in [2.24, 2.45) is 0 Å². The van der Waals surface area contributed by atoms with Crippen LogP contribution in [0.5, 0.6) is 0 Å². The number of alkyl halides is 1. The zero-order chi connectivity index (χ0) is 15.7. The van der Waals surface area contributed by atoms with Gasteiger partial charge in [-0.3, -0.25) is 9.59 Å². The lowest BCUT2D eigenvalue weighted by Crippen LogP contribution is -2.53. The van der Waals surface area contributed by atoms with Crippen LogP contribution in [0.3, 0.4) is 0 Å². The lowest BCUT2D eigenvalue weighted by atomic mass is 10.0. The Kier molecular flexibility index (Phi) is 4.41. The molecule has 2 fully saturated rings. The molecule has 0 bridgehead atoms. The third-order valence-corrected chi connectivity index (χ3v) is 6.09. The molecule has 2 amide bonds. The van der Waals surface area contributed by atoms with Gasteiger partial charge in [0, 0.05) is 13.1 Å². The van der Waals surface area contributed by atoms with E-state index in [0.29, 0.717) is 25.4 Å². The summed E-state index contributed by atoms with van der Waals surface area (Å²) in [4.78, 5) is 27.8. The second kappa shape index (κ2) is 6.16. The number of furan rings is 1. The predicted molar refractivity (Wildman–Crippen MR) is 85.6 cm³/mol. The number of hydrogen-bond donors (Lipinski definition) is 0. The van der Waals surface area contributed by atoms with Crippen molar-refractivity contribution in [1.29, 1.82) is 0 Å². The molecule has 2 aliphatic rings. The van der Waals surface area contributed by atoms with E-state index in [2.05, 4.69) is 0 Å². The van der Waals surface area contributed by atoms with E-state index in [0.717, 1.165) is 18.6 Å². The van der Waals surface area contributed by atoms with E-state index >= 15 is 0 Å². The normalized spacial score (nSPS) is 22.4. The highest BCUT2D eigenvalue weighted by Gasteiger charge is 2.48. The second-order valence-electron chi connectivity index (χ2n) is 5.74. The maximum Gasteiger partial charge on any atom is 0.240 e. The SMILES string of the molecule is C[C@H](Cl)C(=O)N1CCC2(CC1)SCC(=O)N2Cc1ccco1. The molecular formula is C15H19ClN2O3S. The summed E-state index contributed by atoms with van der Waals surface area (Å²) in [5, 5.41) is -0.494. The van der Waals surface area contributed by atoms with Crippen LogP contribution in [-0.4, -0.2) is 50.7 Å². The van der Waals surface area contributed by atoms with Gasteiger partial charge in [0.1, 0.15) is 11.1 Å². The lowest BCUT2D eigenvalue weighted by molar-refractivity contribution is -0.135. The van der Waals surface area contributed by atoms with Crippen LogP contribution >= 0.6 is 23.4 Å². The van der Waals surface area contributed by atoms with Gasteiger partial charge in [0.05, 0.1) is 23.4 Å². The summed E-state index contributed by atoms with van der Waals surface area (Å²) < 4.78 is 5.38. The fourth-order valence-corrected chi connectivity index (χ4v) is 4.59. The third-order valence-electron chi connectivity index (χ3n) is 4.35. The first-order chi connectivity index (χ1) is 10.5. The molecule has 7 heteroatoms. The van der Waals surface area contributed by atoms with Crippen LogP contribution in [0.1, 0.15) is 25.5 Å². The van der Waals surface area contributed by atoms with Crippen molar-refractivity contribution in [2.45, 2.75) is 36.6 Å². The van der Waals surface area contributed by atoms with Crippen molar-refractivity contribution < 1.29 is 14.0 Å². The zero-order valence-corrected chi connectivity index (χ0v) is 14.0. The third kappa shape index (κ3) is 2.86. The van der Waals surface area contributed by atoms with Crippen molar-refractivity contribution in [3.8, 4) is 0 Å². The molecule has 22 heavy (non-hydrogen) atoms. The number of rotatable bonds is 3. The van der Waals surface area contributed by atoms with Crippen LogP contribution in [-0.2, 0) is 16.1 Å². The van der Waals surface area contributed by atoms with Crippen molar-refractivity contribution in [1.82, 2.24) is 9.80 Å². The summed E-state index contributed by atoms with van der Waals surface area (Å²) in [6, 6.07) is 3.72. The second-order valence-corrected chi connectivity index (χ2v) is 7.73.